The third kappa shape index (κ3) is 3.59. The molecule has 2 N–H and O–H groups in total. The lowest BCUT2D eigenvalue weighted by Gasteiger charge is -2.10. The molecule has 0 aliphatic heterocycles. The lowest BCUT2D eigenvalue weighted by Crippen LogP contribution is -2.26. The number of aromatic amines is 1. The van der Waals surface area contributed by atoms with Gasteiger partial charge in [-0.15, -0.1) is 0 Å². The highest BCUT2D eigenvalue weighted by atomic mass is 32.2. The van der Waals surface area contributed by atoms with Crippen LogP contribution in [0.3, 0.4) is 0 Å². The minimum atomic E-state index is -3.63. The Hall–Kier alpha value is -2.38. The summed E-state index contributed by atoms with van der Waals surface area (Å²) in [6.07, 6.45) is 0.462. The molecule has 0 amide bonds. The molecule has 0 spiro atoms. The molecule has 0 atom stereocenters. The molecule has 7 heteroatoms. The molecule has 0 bridgehead atoms. The first-order valence-corrected chi connectivity index (χ1v) is 9.71. The molecule has 26 heavy (non-hydrogen) atoms. The maximum absolute atomic E-state index is 13.5. The number of fused-ring (bicyclic) bond motifs is 1. The van der Waals surface area contributed by atoms with Crippen molar-refractivity contribution in [2.24, 2.45) is 0 Å². The van der Waals surface area contributed by atoms with Crippen molar-refractivity contribution in [1.29, 1.82) is 0 Å². The Kier molecular flexibility index (Phi) is 5.02. The van der Waals surface area contributed by atoms with Crippen LogP contribution in [0, 0.1) is 19.7 Å². The highest BCUT2D eigenvalue weighted by Gasteiger charge is 2.16. The normalized spacial score (nSPS) is 11.8. The van der Waals surface area contributed by atoms with Crippen molar-refractivity contribution >= 4 is 20.9 Å². The minimum Gasteiger partial charge on any atom is -0.496 e. The maximum atomic E-state index is 13.5. The summed E-state index contributed by atoms with van der Waals surface area (Å²) in [4.78, 5) is 3.39. The molecule has 0 radical (unpaired) electrons. The van der Waals surface area contributed by atoms with Crippen LogP contribution >= 0.6 is 0 Å². The smallest absolute Gasteiger partial charge is 0.240 e. The lowest BCUT2D eigenvalue weighted by molar-refractivity contribution is 0.411. The number of halogens is 1. The maximum Gasteiger partial charge on any atom is 0.240 e. The highest BCUT2D eigenvalue weighted by molar-refractivity contribution is 7.89. The zero-order valence-corrected chi connectivity index (χ0v) is 15.7. The Morgan fingerprint density at radius 2 is 1.92 bits per heavy atom. The number of methoxy groups -OCH3 is 1. The molecule has 0 saturated carbocycles. The number of hydrogen-bond donors (Lipinski definition) is 2. The number of aromatic nitrogens is 1. The molecule has 0 aliphatic rings. The second-order valence-corrected chi connectivity index (χ2v) is 7.96. The molecule has 0 fully saturated rings. The Labute approximate surface area is 152 Å². The molecule has 138 valence electrons. The highest BCUT2D eigenvalue weighted by Crippen LogP contribution is 2.24. The van der Waals surface area contributed by atoms with Gasteiger partial charge in [0.15, 0.2) is 0 Å². The van der Waals surface area contributed by atoms with E-state index in [-0.39, 0.29) is 17.3 Å². The van der Waals surface area contributed by atoms with E-state index in [0.29, 0.717) is 12.2 Å². The molecule has 1 aromatic heterocycles. The number of rotatable bonds is 6. The first-order chi connectivity index (χ1) is 12.3. The van der Waals surface area contributed by atoms with E-state index in [1.165, 1.54) is 18.2 Å². The number of nitrogens with one attached hydrogen (secondary N) is 2. The van der Waals surface area contributed by atoms with Crippen LogP contribution in [0.15, 0.2) is 41.3 Å². The fourth-order valence-corrected chi connectivity index (χ4v) is 4.21. The molecule has 3 aromatic rings. The number of sulfonamides is 1. The molecule has 0 aliphatic carbocycles. The van der Waals surface area contributed by atoms with Gasteiger partial charge in [0.05, 0.1) is 12.0 Å². The number of ether oxygens (including phenoxy) is 1. The quantitative estimate of drug-likeness (QED) is 0.692. The monoisotopic (exact) mass is 376 g/mol. The topological polar surface area (TPSA) is 71.2 Å². The fourth-order valence-electron chi connectivity index (χ4n) is 3.09. The fraction of sp³-hybridized carbons (Fsp3) is 0.263. The summed E-state index contributed by atoms with van der Waals surface area (Å²) in [5.41, 5.74) is 3.41. The Bertz CT molecular complexity index is 1060. The summed E-state index contributed by atoms with van der Waals surface area (Å²) in [5, 5.41) is 0.780. The van der Waals surface area contributed by atoms with Crippen molar-refractivity contribution in [2.75, 3.05) is 13.7 Å². The van der Waals surface area contributed by atoms with Crippen LogP contribution in [0.2, 0.25) is 0 Å². The van der Waals surface area contributed by atoms with Gasteiger partial charge < -0.3 is 9.72 Å². The summed E-state index contributed by atoms with van der Waals surface area (Å²) >= 11 is 0. The lowest BCUT2D eigenvalue weighted by atomic mass is 10.1. The SMILES string of the molecule is COc1ccc(S(=O)(=O)NCCc2c(C)[nH]c3ccc(F)cc23)cc1C. The zero-order valence-electron chi connectivity index (χ0n) is 14.9. The van der Waals surface area contributed by atoms with Gasteiger partial charge in [0.2, 0.25) is 10.0 Å². The predicted molar refractivity (Wildman–Crippen MR) is 99.6 cm³/mol. The van der Waals surface area contributed by atoms with Crippen molar-refractivity contribution in [3.63, 3.8) is 0 Å². The predicted octanol–water partition coefficient (Wildman–Crippen LogP) is 3.45. The van der Waals surface area contributed by atoms with Gasteiger partial charge in [-0.3, -0.25) is 0 Å². The van der Waals surface area contributed by atoms with Gasteiger partial charge in [0.25, 0.3) is 0 Å². The zero-order chi connectivity index (χ0) is 18.9. The molecule has 0 saturated heterocycles. The van der Waals surface area contributed by atoms with Gasteiger partial charge in [-0.2, -0.15) is 0 Å². The van der Waals surface area contributed by atoms with Crippen LogP contribution < -0.4 is 9.46 Å². The van der Waals surface area contributed by atoms with Crippen LogP contribution in [-0.2, 0) is 16.4 Å². The van der Waals surface area contributed by atoms with Crippen molar-refractivity contribution in [3.8, 4) is 5.75 Å². The van der Waals surface area contributed by atoms with Crippen LogP contribution in [0.25, 0.3) is 10.9 Å². The summed E-state index contributed by atoms with van der Waals surface area (Å²) < 4.78 is 46.3. The van der Waals surface area contributed by atoms with Gasteiger partial charge >= 0.3 is 0 Å². The Morgan fingerprint density at radius 3 is 2.62 bits per heavy atom. The summed E-state index contributed by atoms with van der Waals surface area (Å²) in [6.45, 7) is 3.91. The second kappa shape index (κ2) is 7.09. The van der Waals surface area contributed by atoms with Gasteiger partial charge in [-0.05, 0) is 67.8 Å². The van der Waals surface area contributed by atoms with E-state index in [9.17, 15) is 12.8 Å². The van der Waals surface area contributed by atoms with E-state index >= 15 is 0 Å². The molecular formula is C19H21FN2O3S. The number of aryl methyl sites for hydroxylation is 2. The third-order valence-electron chi connectivity index (χ3n) is 4.43. The molecule has 5 nitrogen and oxygen atoms in total. The van der Waals surface area contributed by atoms with Crippen LogP contribution in [0.1, 0.15) is 16.8 Å². The number of benzene rings is 2. The van der Waals surface area contributed by atoms with Crippen LogP contribution in [0.4, 0.5) is 4.39 Å². The van der Waals surface area contributed by atoms with E-state index in [1.807, 2.05) is 6.92 Å². The summed E-state index contributed by atoms with van der Waals surface area (Å²) in [6, 6.07) is 9.28. The summed E-state index contributed by atoms with van der Waals surface area (Å²) in [7, 11) is -2.08. The number of hydrogen-bond acceptors (Lipinski definition) is 3. The molecule has 0 unspecified atom stereocenters. The Balaban J connectivity index is 1.76. The van der Waals surface area contributed by atoms with Crippen LogP contribution in [-0.4, -0.2) is 27.1 Å². The van der Waals surface area contributed by atoms with Crippen molar-refractivity contribution < 1.29 is 17.5 Å². The van der Waals surface area contributed by atoms with Gasteiger partial charge in [-0.25, -0.2) is 17.5 Å². The van der Waals surface area contributed by atoms with Gasteiger partial charge in [0.1, 0.15) is 11.6 Å². The van der Waals surface area contributed by atoms with E-state index in [1.54, 1.807) is 32.2 Å². The molecule has 3 rings (SSSR count). The average Bonchev–Trinajstić information content (AvgIpc) is 2.90. The number of H-pyrrole nitrogens is 1. The minimum absolute atomic E-state index is 0.192. The average molecular weight is 376 g/mol. The first-order valence-electron chi connectivity index (χ1n) is 8.23. The van der Waals surface area contributed by atoms with E-state index in [2.05, 4.69) is 9.71 Å². The van der Waals surface area contributed by atoms with E-state index in [4.69, 9.17) is 4.74 Å². The van der Waals surface area contributed by atoms with E-state index < -0.39 is 10.0 Å². The van der Waals surface area contributed by atoms with Crippen LogP contribution in [0.5, 0.6) is 5.75 Å². The molecule has 2 aromatic carbocycles. The third-order valence-corrected chi connectivity index (χ3v) is 5.88. The molecular weight excluding hydrogens is 355 g/mol. The standard InChI is InChI=1S/C19H21FN2O3S/c1-12-10-15(5-7-19(12)25-3)26(23,24)21-9-8-16-13(2)22-18-6-4-14(20)11-17(16)18/h4-7,10-11,21-22H,8-9H2,1-3H3. The van der Waals surface area contributed by atoms with E-state index in [0.717, 1.165) is 27.7 Å². The van der Waals surface area contributed by atoms with Gasteiger partial charge in [-0.1, -0.05) is 0 Å². The van der Waals surface area contributed by atoms with Gasteiger partial charge in [0, 0.05) is 23.1 Å². The molecule has 1 heterocycles. The largest absolute Gasteiger partial charge is 0.496 e. The van der Waals surface area contributed by atoms with Crippen molar-refractivity contribution in [2.45, 2.75) is 25.2 Å². The summed E-state index contributed by atoms with van der Waals surface area (Å²) in [5.74, 6) is 0.326. The van der Waals surface area contributed by atoms with Crippen molar-refractivity contribution in [3.05, 3.63) is 59.0 Å². The second-order valence-electron chi connectivity index (χ2n) is 6.20. The Morgan fingerprint density at radius 1 is 1.15 bits per heavy atom. The first kappa shape index (κ1) is 18.4. The van der Waals surface area contributed by atoms with Crippen molar-refractivity contribution in [1.82, 2.24) is 9.71 Å².